The van der Waals surface area contributed by atoms with Gasteiger partial charge in [0.2, 0.25) is 0 Å². The molecule has 0 aromatic rings. The Morgan fingerprint density at radius 1 is 1.00 bits per heavy atom. The summed E-state index contributed by atoms with van der Waals surface area (Å²) in [5.41, 5.74) is 0. The number of allylic oxidation sites excluding steroid dienone is 2. The van der Waals surface area contributed by atoms with Gasteiger partial charge in [-0.15, -0.1) is 0 Å². The van der Waals surface area contributed by atoms with Crippen molar-refractivity contribution in [3.63, 3.8) is 0 Å². The molecule has 0 bridgehead atoms. The van der Waals surface area contributed by atoms with Crippen molar-refractivity contribution < 1.29 is 0 Å². The van der Waals surface area contributed by atoms with E-state index in [0.717, 1.165) is 0 Å². The molecular formula is C12H26Si. The zero-order valence-corrected chi connectivity index (χ0v) is 11.1. The second kappa shape index (κ2) is 6.42. The minimum absolute atomic E-state index is 1.01. The van der Waals surface area contributed by atoms with E-state index in [4.69, 9.17) is 0 Å². The highest BCUT2D eigenvalue weighted by Gasteiger charge is 2.29. The van der Waals surface area contributed by atoms with Crippen molar-refractivity contribution in [2.75, 3.05) is 0 Å². The molecule has 0 heterocycles. The van der Waals surface area contributed by atoms with E-state index in [1.807, 2.05) is 5.20 Å². The van der Waals surface area contributed by atoms with Crippen LogP contribution in [0.15, 0.2) is 11.3 Å². The highest BCUT2D eigenvalue weighted by atomic mass is 28.3. The maximum atomic E-state index is 2.41. The predicted molar refractivity (Wildman–Crippen MR) is 65.9 cm³/mol. The van der Waals surface area contributed by atoms with Crippen LogP contribution in [0, 0.1) is 0 Å². The minimum atomic E-state index is -1.01. The standard InChI is InChI=1S/C12H26Si/c1-6-11-12(7-2)13(8-3,9-4)10-5/h7H,6,8-11H2,1-5H3/b12-7+. The molecular weight excluding hydrogens is 172 g/mol. The van der Waals surface area contributed by atoms with Gasteiger partial charge in [0.15, 0.2) is 0 Å². The van der Waals surface area contributed by atoms with Crippen molar-refractivity contribution >= 4 is 8.07 Å². The Labute approximate surface area is 85.4 Å². The molecule has 0 spiro atoms. The van der Waals surface area contributed by atoms with Crippen molar-refractivity contribution in [2.24, 2.45) is 0 Å². The van der Waals surface area contributed by atoms with Crippen LogP contribution in [0.1, 0.15) is 47.5 Å². The highest BCUT2D eigenvalue weighted by molar-refractivity contribution is 6.86. The van der Waals surface area contributed by atoms with Gasteiger partial charge >= 0.3 is 0 Å². The fourth-order valence-corrected chi connectivity index (χ4v) is 6.67. The summed E-state index contributed by atoms with van der Waals surface area (Å²) in [5.74, 6) is 0. The van der Waals surface area contributed by atoms with Gasteiger partial charge in [-0.05, 0) is 13.3 Å². The average molecular weight is 198 g/mol. The molecule has 0 N–H and O–H groups in total. The molecule has 0 fully saturated rings. The summed E-state index contributed by atoms with van der Waals surface area (Å²) in [4.78, 5) is 0. The predicted octanol–water partition coefficient (Wildman–Crippen LogP) is 4.78. The van der Waals surface area contributed by atoms with E-state index in [-0.39, 0.29) is 0 Å². The van der Waals surface area contributed by atoms with Crippen LogP contribution in [0.5, 0.6) is 0 Å². The van der Waals surface area contributed by atoms with Gasteiger partial charge in [0.05, 0.1) is 8.07 Å². The Hall–Kier alpha value is -0.0431. The van der Waals surface area contributed by atoms with Crippen LogP contribution in [0.25, 0.3) is 0 Å². The van der Waals surface area contributed by atoms with Gasteiger partial charge in [0.1, 0.15) is 0 Å². The van der Waals surface area contributed by atoms with Crippen LogP contribution < -0.4 is 0 Å². The maximum Gasteiger partial charge on any atom is 0.0803 e. The molecule has 13 heavy (non-hydrogen) atoms. The fourth-order valence-electron chi connectivity index (χ4n) is 2.42. The van der Waals surface area contributed by atoms with Crippen molar-refractivity contribution in [3.05, 3.63) is 11.3 Å². The first-order chi connectivity index (χ1) is 6.20. The van der Waals surface area contributed by atoms with Gasteiger partial charge < -0.3 is 0 Å². The summed E-state index contributed by atoms with van der Waals surface area (Å²) in [6, 6.07) is 4.29. The Morgan fingerprint density at radius 2 is 1.46 bits per heavy atom. The molecule has 1 heteroatoms. The molecule has 0 radical (unpaired) electrons. The van der Waals surface area contributed by atoms with E-state index in [1.165, 1.54) is 31.0 Å². The average Bonchev–Trinajstić information content (AvgIpc) is 2.19. The molecule has 0 nitrogen and oxygen atoms in total. The lowest BCUT2D eigenvalue weighted by molar-refractivity contribution is 0.921. The molecule has 0 saturated heterocycles. The molecule has 0 saturated carbocycles. The number of hydrogen-bond acceptors (Lipinski definition) is 0. The summed E-state index contributed by atoms with van der Waals surface area (Å²) in [6.07, 6.45) is 5.07. The van der Waals surface area contributed by atoms with E-state index < -0.39 is 8.07 Å². The highest BCUT2D eigenvalue weighted by Crippen LogP contribution is 2.31. The smallest absolute Gasteiger partial charge is 0.0803 e. The quantitative estimate of drug-likeness (QED) is 0.539. The van der Waals surface area contributed by atoms with Gasteiger partial charge in [0.25, 0.3) is 0 Å². The van der Waals surface area contributed by atoms with Crippen LogP contribution in [-0.4, -0.2) is 8.07 Å². The van der Waals surface area contributed by atoms with E-state index >= 15 is 0 Å². The van der Waals surface area contributed by atoms with Crippen molar-refractivity contribution in [1.82, 2.24) is 0 Å². The van der Waals surface area contributed by atoms with E-state index in [0.29, 0.717) is 0 Å². The van der Waals surface area contributed by atoms with Crippen LogP contribution in [-0.2, 0) is 0 Å². The molecule has 0 aromatic carbocycles. The van der Waals surface area contributed by atoms with Crippen molar-refractivity contribution in [2.45, 2.75) is 65.6 Å². The number of rotatable bonds is 6. The topological polar surface area (TPSA) is 0 Å². The summed E-state index contributed by atoms with van der Waals surface area (Å²) in [7, 11) is -1.01. The second-order valence-electron chi connectivity index (χ2n) is 3.90. The lowest BCUT2D eigenvalue weighted by Gasteiger charge is -2.31. The molecule has 0 amide bonds. The monoisotopic (exact) mass is 198 g/mol. The normalized spacial score (nSPS) is 13.5. The summed E-state index contributed by atoms with van der Waals surface area (Å²) in [5, 5.41) is 1.82. The lowest BCUT2D eigenvalue weighted by atomic mass is 10.3. The van der Waals surface area contributed by atoms with Gasteiger partial charge in [-0.2, -0.15) is 0 Å². The third-order valence-corrected chi connectivity index (χ3v) is 9.54. The van der Waals surface area contributed by atoms with E-state index in [9.17, 15) is 0 Å². The van der Waals surface area contributed by atoms with E-state index in [2.05, 4.69) is 40.7 Å². The Balaban J connectivity index is 4.67. The molecule has 0 aliphatic rings. The first-order valence-corrected chi connectivity index (χ1v) is 8.48. The first kappa shape index (κ1) is 13.0. The molecule has 0 aliphatic heterocycles. The fraction of sp³-hybridized carbons (Fsp3) is 0.833. The van der Waals surface area contributed by atoms with Crippen LogP contribution in [0.4, 0.5) is 0 Å². The third-order valence-electron chi connectivity index (χ3n) is 3.58. The zero-order valence-electron chi connectivity index (χ0n) is 10.1. The summed E-state index contributed by atoms with van der Waals surface area (Å²) >= 11 is 0. The summed E-state index contributed by atoms with van der Waals surface area (Å²) in [6.45, 7) is 11.7. The van der Waals surface area contributed by atoms with Gasteiger partial charge in [-0.1, -0.05) is 63.5 Å². The largest absolute Gasteiger partial charge is 0.0923 e. The van der Waals surface area contributed by atoms with Crippen molar-refractivity contribution in [3.8, 4) is 0 Å². The van der Waals surface area contributed by atoms with Crippen LogP contribution in [0.3, 0.4) is 0 Å². The van der Waals surface area contributed by atoms with Gasteiger partial charge in [-0.25, -0.2) is 0 Å². The Bertz CT molecular complexity index is 146. The molecule has 0 rings (SSSR count). The van der Waals surface area contributed by atoms with Gasteiger partial charge in [-0.3, -0.25) is 0 Å². The first-order valence-electron chi connectivity index (χ1n) is 5.86. The Morgan fingerprint density at radius 3 is 1.69 bits per heavy atom. The van der Waals surface area contributed by atoms with Crippen LogP contribution in [0.2, 0.25) is 18.1 Å². The minimum Gasteiger partial charge on any atom is -0.0923 e. The number of hydrogen-bond donors (Lipinski definition) is 0. The molecule has 78 valence electrons. The molecule has 0 atom stereocenters. The molecule has 0 unspecified atom stereocenters. The van der Waals surface area contributed by atoms with E-state index in [1.54, 1.807) is 0 Å². The third kappa shape index (κ3) is 2.98. The Kier molecular flexibility index (Phi) is 6.40. The van der Waals surface area contributed by atoms with Crippen LogP contribution >= 0.6 is 0 Å². The summed E-state index contributed by atoms with van der Waals surface area (Å²) < 4.78 is 0. The zero-order chi connectivity index (χ0) is 10.3. The lowest BCUT2D eigenvalue weighted by Crippen LogP contribution is -2.34. The molecule has 0 aromatic heterocycles. The molecule has 0 aliphatic carbocycles. The van der Waals surface area contributed by atoms with Gasteiger partial charge in [0, 0.05) is 0 Å². The SMILES string of the molecule is C/C=C(\CCC)[Si](CC)(CC)CC. The maximum absolute atomic E-state index is 2.41. The second-order valence-corrected chi connectivity index (χ2v) is 9.23. The van der Waals surface area contributed by atoms with Crippen molar-refractivity contribution in [1.29, 1.82) is 0 Å².